The standard InChI is InChI=1S/C25H22ClF3N4O3S/c26-16-5-3-15(19(13-16)25(27,28)29)12-17(14-4-6-20-18(11-14)22(34)31-30-20)21-23(35)33(24(36)37-21)10-9-32-7-1-2-8-32/h3-6,11,13,35H,1-2,7-10,12H2,(H,31,34). The lowest BCUT2D eigenvalue weighted by atomic mass is 9.96. The highest BCUT2D eigenvalue weighted by molar-refractivity contribution is 7.10. The summed E-state index contributed by atoms with van der Waals surface area (Å²) < 4.78 is 42.9. The molecule has 0 radical (unpaired) electrons. The second-order valence-electron chi connectivity index (χ2n) is 8.96. The van der Waals surface area contributed by atoms with E-state index in [1.54, 1.807) is 12.1 Å². The van der Waals surface area contributed by atoms with E-state index in [9.17, 15) is 27.9 Å². The molecule has 0 aliphatic carbocycles. The number of aromatic hydroxyl groups is 1. The van der Waals surface area contributed by atoms with Gasteiger partial charge in [0.15, 0.2) is 0 Å². The second-order valence-corrected chi connectivity index (χ2v) is 10.4. The average molecular weight is 551 g/mol. The van der Waals surface area contributed by atoms with Crippen molar-refractivity contribution in [2.24, 2.45) is 5.10 Å². The molecule has 2 aliphatic heterocycles. The van der Waals surface area contributed by atoms with E-state index in [4.69, 9.17) is 11.6 Å². The van der Waals surface area contributed by atoms with Crippen molar-refractivity contribution in [3.63, 3.8) is 0 Å². The normalized spacial score (nSPS) is 16.5. The van der Waals surface area contributed by atoms with Gasteiger partial charge in [0.05, 0.1) is 21.4 Å². The third-order valence-electron chi connectivity index (χ3n) is 6.59. The Kier molecular flexibility index (Phi) is 6.86. The van der Waals surface area contributed by atoms with Gasteiger partial charge in [0.25, 0.3) is 5.91 Å². The summed E-state index contributed by atoms with van der Waals surface area (Å²) in [7, 11) is 0. The molecule has 0 spiro atoms. The number of benzene rings is 2. The third kappa shape index (κ3) is 5.16. The first-order chi connectivity index (χ1) is 17.6. The highest BCUT2D eigenvalue weighted by Gasteiger charge is 2.34. The number of hydrogen-bond donors (Lipinski definition) is 2. The number of alkyl halides is 3. The van der Waals surface area contributed by atoms with Crippen LogP contribution in [0.2, 0.25) is 5.02 Å². The van der Waals surface area contributed by atoms with Crippen LogP contribution in [0.4, 0.5) is 13.2 Å². The Balaban J connectivity index is 1.65. The predicted molar refractivity (Wildman–Crippen MR) is 133 cm³/mol. The molecule has 3 heterocycles. The fourth-order valence-corrected chi connectivity index (χ4v) is 5.83. The lowest BCUT2D eigenvalue weighted by Crippen LogP contribution is -2.26. The fourth-order valence-electron chi connectivity index (χ4n) is 4.68. The lowest BCUT2D eigenvalue weighted by Gasteiger charge is -2.16. The van der Waals surface area contributed by atoms with Gasteiger partial charge in [0, 0.05) is 24.5 Å². The van der Waals surface area contributed by atoms with Crippen LogP contribution in [0.1, 0.15) is 39.2 Å². The molecule has 12 heteroatoms. The summed E-state index contributed by atoms with van der Waals surface area (Å²) in [6.45, 7) is 2.68. The number of fused-ring (bicyclic) bond motifs is 1. The van der Waals surface area contributed by atoms with Crippen molar-refractivity contribution in [1.82, 2.24) is 14.9 Å². The molecule has 1 amide bonds. The molecule has 1 fully saturated rings. The van der Waals surface area contributed by atoms with Gasteiger partial charge >= 0.3 is 11.0 Å². The molecule has 7 nitrogen and oxygen atoms in total. The van der Waals surface area contributed by atoms with Crippen molar-refractivity contribution in [2.75, 3.05) is 19.6 Å². The molecule has 0 atom stereocenters. The van der Waals surface area contributed by atoms with Crippen molar-refractivity contribution in [3.8, 4) is 5.88 Å². The predicted octanol–water partition coefficient (Wildman–Crippen LogP) is 3.10. The number of nitrogens with one attached hydrogen (secondary N) is 1. The molecule has 2 N–H and O–H groups in total. The van der Waals surface area contributed by atoms with Gasteiger partial charge < -0.3 is 10.0 Å². The molecular weight excluding hydrogens is 529 g/mol. The van der Waals surface area contributed by atoms with Gasteiger partial charge in [-0.1, -0.05) is 35.1 Å². The fraction of sp³-hybridized carbons (Fsp3) is 0.320. The molecule has 1 aromatic heterocycles. The van der Waals surface area contributed by atoms with Crippen LogP contribution in [0.25, 0.3) is 5.57 Å². The van der Waals surface area contributed by atoms with Crippen molar-refractivity contribution in [1.29, 1.82) is 0 Å². The maximum atomic E-state index is 13.9. The number of aromatic nitrogens is 1. The molecule has 194 valence electrons. The van der Waals surface area contributed by atoms with Gasteiger partial charge in [0.1, 0.15) is 0 Å². The number of nitrogens with zero attached hydrogens (tertiary/aromatic N) is 3. The minimum atomic E-state index is -4.67. The van der Waals surface area contributed by atoms with Crippen LogP contribution in [0.3, 0.4) is 0 Å². The SMILES string of the molecule is O=C1NN=c2ccc(=C(Cc3ccc(Cl)cc3C(F)(F)F)c3sc(=O)n(CCN4CCCC4)c3O)cc21. The van der Waals surface area contributed by atoms with Crippen LogP contribution in [0.15, 0.2) is 46.3 Å². The molecule has 5 rings (SSSR count). The average Bonchev–Trinajstić information content (AvgIpc) is 3.57. The number of likely N-dealkylation sites (tertiary alicyclic amines) is 1. The van der Waals surface area contributed by atoms with Gasteiger partial charge in [-0.25, -0.2) is 5.43 Å². The van der Waals surface area contributed by atoms with Crippen LogP contribution in [0.5, 0.6) is 5.88 Å². The van der Waals surface area contributed by atoms with E-state index in [2.05, 4.69) is 15.4 Å². The van der Waals surface area contributed by atoms with Crippen molar-refractivity contribution < 1.29 is 23.1 Å². The van der Waals surface area contributed by atoms with Crippen molar-refractivity contribution in [2.45, 2.75) is 32.0 Å². The zero-order valence-corrected chi connectivity index (χ0v) is 21.0. The summed E-state index contributed by atoms with van der Waals surface area (Å²) in [5.74, 6) is -0.749. The molecule has 2 aromatic carbocycles. The highest BCUT2D eigenvalue weighted by atomic mass is 35.5. The van der Waals surface area contributed by atoms with Gasteiger partial charge in [-0.2, -0.15) is 18.3 Å². The van der Waals surface area contributed by atoms with Gasteiger partial charge in [-0.3, -0.25) is 14.2 Å². The number of halogens is 4. The number of thiazole rings is 1. The summed E-state index contributed by atoms with van der Waals surface area (Å²) in [5, 5.41) is 15.8. The van der Waals surface area contributed by atoms with E-state index in [-0.39, 0.29) is 45.4 Å². The quantitative estimate of drug-likeness (QED) is 0.494. The number of amides is 1. The Hall–Kier alpha value is -3.15. The van der Waals surface area contributed by atoms with Crippen molar-refractivity contribution in [3.05, 3.63) is 83.2 Å². The molecule has 2 aliphatic rings. The summed E-state index contributed by atoms with van der Waals surface area (Å²) in [6.07, 6.45) is -2.77. The Labute approximate surface area is 218 Å². The summed E-state index contributed by atoms with van der Waals surface area (Å²) in [4.78, 5) is 27.0. The molecule has 37 heavy (non-hydrogen) atoms. The number of hydrogen-bond acceptors (Lipinski definition) is 6. The van der Waals surface area contributed by atoms with E-state index in [0.29, 0.717) is 17.1 Å². The molecule has 1 saturated heterocycles. The third-order valence-corrected chi connectivity index (χ3v) is 7.86. The van der Waals surface area contributed by atoms with E-state index < -0.39 is 22.5 Å². The number of carbonyl (C=O) groups is 1. The maximum Gasteiger partial charge on any atom is 0.416 e. The van der Waals surface area contributed by atoms with Crippen LogP contribution in [0, 0.1) is 0 Å². The second kappa shape index (κ2) is 9.96. The van der Waals surface area contributed by atoms with E-state index >= 15 is 0 Å². The van der Waals surface area contributed by atoms with E-state index in [1.807, 2.05) is 0 Å². The molecule has 3 aromatic rings. The molecular formula is C25H22ClF3N4O3S. The minimum Gasteiger partial charge on any atom is -0.493 e. The summed E-state index contributed by atoms with van der Waals surface area (Å²) in [5.41, 5.74) is 1.90. The first-order valence-electron chi connectivity index (χ1n) is 11.6. The topological polar surface area (TPSA) is 86.9 Å². The van der Waals surface area contributed by atoms with Crippen LogP contribution in [-0.4, -0.2) is 40.1 Å². The van der Waals surface area contributed by atoms with E-state index in [1.165, 1.54) is 22.8 Å². The number of carbonyl (C=O) groups excluding carboxylic acids is 1. The number of rotatable bonds is 6. The molecule has 0 saturated carbocycles. The lowest BCUT2D eigenvalue weighted by molar-refractivity contribution is -0.138. The Morgan fingerprint density at radius 2 is 1.86 bits per heavy atom. The van der Waals surface area contributed by atoms with E-state index in [0.717, 1.165) is 43.3 Å². The van der Waals surface area contributed by atoms with Gasteiger partial charge in [0.2, 0.25) is 5.88 Å². The molecule has 0 unspecified atom stereocenters. The van der Waals surface area contributed by atoms with Crippen LogP contribution < -0.4 is 20.9 Å². The maximum absolute atomic E-state index is 13.9. The zero-order valence-electron chi connectivity index (χ0n) is 19.4. The molecule has 0 bridgehead atoms. The smallest absolute Gasteiger partial charge is 0.416 e. The van der Waals surface area contributed by atoms with Gasteiger partial charge in [-0.05, 0) is 66.6 Å². The summed E-state index contributed by atoms with van der Waals surface area (Å²) in [6, 6.07) is 8.19. The van der Waals surface area contributed by atoms with Crippen molar-refractivity contribution >= 4 is 34.4 Å². The highest BCUT2D eigenvalue weighted by Crippen LogP contribution is 2.37. The Bertz CT molecular complexity index is 1560. The zero-order chi connectivity index (χ0) is 26.3. The van der Waals surface area contributed by atoms with Gasteiger partial charge in [-0.15, -0.1) is 0 Å². The van der Waals surface area contributed by atoms with Crippen LogP contribution in [-0.2, 0) is 19.1 Å². The minimum absolute atomic E-state index is 0.0611. The Morgan fingerprint density at radius 3 is 2.59 bits per heavy atom. The monoisotopic (exact) mass is 550 g/mol. The first-order valence-corrected chi connectivity index (χ1v) is 12.8. The van der Waals surface area contributed by atoms with Crippen LogP contribution >= 0.6 is 22.9 Å². The largest absolute Gasteiger partial charge is 0.493 e. The summed E-state index contributed by atoms with van der Waals surface area (Å²) >= 11 is 6.63. The Morgan fingerprint density at radius 1 is 1.11 bits per heavy atom. The first kappa shape index (κ1) is 25.5.